The summed E-state index contributed by atoms with van der Waals surface area (Å²) in [5, 5.41) is 2.68. The molecule has 0 saturated carbocycles. The Bertz CT molecular complexity index is 209. The fourth-order valence-corrected chi connectivity index (χ4v) is 5.48. The van der Waals surface area contributed by atoms with Crippen LogP contribution in [0.5, 0.6) is 0 Å². The normalized spacial score (nSPS) is 12.8. The van der Waals surface area contributed by atoms with E-state index >= 15 is 0 Å². The molecule has 1 unspecified atom stereocenters. The van der Waals surface area contributed by atoms with E-state index in [1.165, 1.54) is 61.9 Å². The molecule has 2 nitrogen and oxygen atoms in total. The molecule has 0 N–H and O–H groups in total. The third kappa shape index (κ3) is 14.1. The summed E-state index contributed by atoms with van der Waals surface area (Å²) in [6.07, 6.45) is 13.4. The monoisotopic (exact) mass is 328 g/mol. The summed E-state index contributed by atoms with van der Waals surface area (Å²) < 4.78 is 12.5. The van der Waals surface area contributed by atoms with Gasteiger partial charge in [-0.3, -0.25) is 0 Å². The van der Waals surface area contributed by atoms with E-state index in [1.54, 1.807) is 0 Å². The fraction of sp³-hybridized carbons (Fsp3) is 1.00. The zero-order chi connectivity index (χ0) is 16.6. The van der Waals surface area contributed by atoms with Gasteiger partial charge in [0.2, 0.25) is 0 Å². The average molecular weight is 329 g/mol. The first-order valence-electron chi connectivity index (χ1n) is 9.94. The molecule has 0 heterocycles. The summed E-state index contributed by atoms with van der Waals surface area (Å²) in [5.74, 6) is 0. The second-order valence-electron chi connectivity index (χ2n) is 6.86. The Morgan fingerprint density at radius 2 is 1.27 bits per heavy atom. The lowest BCUT2D eigenvalue weighted by Crippen LogP contribution is -2.30. The SMILES string of the molecule is CCCCC[CH2][Al]([CH2]CCCCC)[O]C(CCC)OC(C)C. The molecule has 0 aliphatic carbocycles. The number of hydrogen-bond acceptors (Lipinski definition) is 2. The van der Waals surface area contributed by atoms with Crippen molar-refractivity contribution in [3.8, 4) is 0 Å². The molecule has 0 aliphatic heterocycles. The molecule has 0 aromatic rings. The van der Waals surface area contributed by atoms with Crippen LogP contribution in [0.2, 0.25) is 10.6 Å². The Balaban J connectivity index is 4.24. The first kappa shape index (κ1) is 22.5. The van der Waals surface area contributed by atoms with E-state index in [2.05, 4.69) is 34.6 Å². The topological polar surface area (TPSA) is 18.5 Å². The van der Waals surface area contributed by atoms with Crippen molar-refractivity contribution in [2.24, 2.45) is 0 Å². The molecule has 0 amide bonds. The van der Waals surface area contributed by atoms with E-state index in [1.807, 2.05) is 0 Å². The summed E-state index contributed by atoms with van der Waals surface area (Å²) in [5.41, 5.74) is 0. The summed E-state index contributed by atoms with van der Waals surface area (Å²) >= 11 is -1.09. The highest BCUT2D eigenvalue weighted by Crippen LogP contribution is 2.18. The van der Waals surface area contributed by atoms with E-state index in [9.17, 15) is 0 Å². The van der Waals surface area contributed by atoms with Crippen LogP contribution >= 0.6 is 0 Å². The molecule has 0 aromatic carbocycles. The van der Waals surface area contributed by atoms with Crippen molar-refractivity contribution < 1.29 is 8.53 Å². The minimum Gasteiger partial charge on any atom is -0.478 e. The molecule has 1 atom stereocenters. The van der Waals surface area contributed by atoms with Gasteiger partial charge in [-0.2, -0.15) is 0 Å². The van der Waals surface area contributed by atoms with Crippen molar-refractivity contribution in [2.45, 2.75) is 122 Å². The fourth-order valence-electron chi connectivity index (χ4n) is 2.80. The van der Waals surface area contributed by atoms with Gasteiger partial charge in [-0.05, 0) is 20.3 Å². The smallest absolute Gasteiger partial charge is 0.462 e. The van der Waals surface area contributed by atoms with Gasteiger partial charge in [0.15, 0.2) is 0 Å². The van der Waals surface area contributed by atoms with Gasteiger partial charge in [-0.1, -0.05) is 89.1 Å². The van der Waals surface area contributed by atoms with Gasteiger partial charge in [0.05, 0.1) is 6.10 Å². The van der Waals surface area contributed by atoms with Crippen LogP contribution < -0.4 is 0 Å². The zero-order valence-electron chi connectivity index (χ0n) is 16.0. The summed E-state index contributed by atoms with van der Waals surface area (Å²) in [6, 6.07) is 0. The lowest BCUT2D eigenvalue weighted by molar-refractivity contribution is -0.114. The van der Waals surface area contributed by atoms with E-state index < -0.39 is 14.5 Å². The highest BCUT2D eigenvalue weighted by Gasteiger charge is 2.24. The third-order valence-electron chi connectivity index (χ3n) is 4.05. The Hall–Kier alpha value is 0.452. The standard InChI is InChI=1S/C7H15O2.2C6H13.Al/c1-4-5-7(8)9-6(2)3;2*1-3-5-6-4-2;/h6-7H,4-5H2,1-3H3;2*1,3-6H2,2H3;/q-1;;;+1. The lowest BCUT2D eigenvalue weighted by Gasteiger charge is -2.25. The highest BCUT2D eigenvalue weighted by molar-refractivity contribution is 6.51. The second-order valence-corrected chi connectivity index (χ2v) is 9.53. The van der Waals surface area contributed by atoms with Crippen LogP contribution in [-0.2, 0) is 8.53 Å². The van der Waals surface area contributed by atoms with Crippen molar-refractivity contribution in [3.63, 3.8) is 0 Å². The minimum atomic E-state index is -1.09. The van der Waals surface area contributed by atoms with Crippen LogP contribution in [0.1, 0.15) is 98.8 Å². The molecular weight excluding hydrogens is 287 g/mol. The first-order chi connectivity index (χ1) is 10.6. The van der Waals surface area contributed by atoms with Crippen molar-refractivity contribution in [1.82, 2.24) is 0 Å². The van der Waals surface area contributed by atoms with Crippen LogP contribution in [0.25, 0.3) is 0 Å². The van der Waals surface area contributed by atoms with E-state index in [4.69, 9.17) is 8.53 Å². The average Bonchev–Trinajstić information content (AvgIpc) is 2.47. The van der Waals surface area contributed by atoms with E-state index in [0.717, 1.165) is 12.8 Å². The van der Waals surface area contributed by atoms with Crippen LogP contribution in [0.4, 0.5) is 0 Å². The number of ether oxygens (including phenoxy) is 1. The number of rotatable bonds is 16. The maximum atomic E-state index is 6.48. The van der Waals surface area contributed by atoms with Crippen molar-refractivity contribution in [1.29, 1.82) is 0 Å². The van der Waals surface area contributed by atoms with Gasteiger partial charge in [-0.25, -0.2) is 0 Å². The molecule has 0 aliphatic rings. The molecule has 132 valence electrons. The maximum absolute atomic E-state index is 6.48. The Labute approximate surface area is 145 Å². The quantitative estimate of drug-likeness (QED) is 0.178. The van der Waals surface area contributed by atoms with Crippen LogP contribution in [0.3, 0.4) is 0 Å². The summed E-state index contributed by atoms with van der Waals surface area (Å²) in [6.45, 7) is 11.0. The van der Waals surface area contributed by atoms with Gasteiger partial charge < -0.3 is 8.53 Å². The molecule has 0 fully saturated rings. The van der Waals surface area contributed by atoms with Gasteiger partial charge in [0.25, 0.3) is 0 Å². The third-order valence-corrected chi connectivity index (χ3v) is 6.84. The maximum Gasteiger partial charge on any atom is 0.462 e. The van der Waals surface area contributed by atoms with Crippen LogP contribution in [0.15, 0.2) is 0 Å². The molecule has 0 bridgehead atoms. The van der Waals surface area contributed by atoms with Crippen molar-refractivity contribution in [3.05, 3.63) is 0 Å². The molecule has 0 saturated heterocycles. The Morgan fingerprint density at radius 3 is 1.68 bits per heavy atom. The van der Waals surface area contributed by atoms with Crippen molar-refractivity contribution >= 4 is 14.5 Å². The summed E-state index contributed by atoms with van der Waals surface area (Å²) in [7, 11) is 0. The molecule has 3 heteroatoms. The van der Waals surface area contributed by atoms with Crippen LogP contribution in [-0.4, -0.2) is 26.9 Å². The predicted molar refractivity (Wildman–Crippen MR) is 99.7 cm³/mol. The number of hydrogen-bond donors (Lipinski definition) is 0. The molecular formula is C19H41AlO2. The van der Waals surface area contributed by atoms with Gasteiger partial charge in [0, 0.05) is 0 Å². The summed E-state index contributed by atoms with van der Waals surface area (Å²) in [4.78, 5) is 0. The van der Waals surface area contributed by atoms with E-state index in [-0.39, 0.29) is 12.4 Å². The minimum absolute atomic E-state index is 0.0546. The lowest BCUT2D eigenvalue weighted by atomic mass is 10.2. The Morgan fingerprint density at radius 1 is 0.727 bits per heavy atom. The number of unbranched alkanes of at least 4 members (excludes halogenated alkanes) is 6. The highest BCUT2D eigenvalue weighted by atomic mass is 27.2. The van der Waals surface area contributed by atoms with E-state index in [0.29, 0.717) is 0 Å². The molecule has 0 aromatic heterocycles. The first-order valence-corrected chi connectivity index (χ1v) is 12.0. The second kappa shape index (κ2) is 16.3. The zero-order valence-corrected chi connectivity index (χ0v) is 17.2. The molecule has 0 spiro atoms. The molecule has 0 radical (unpaired) electrons. The van der Waals surface area contributed by atoms with Crippen LogP contribution in [0, 0.1) is 0 Å². The largest absolute Gasteiger partial charge is 0.478 e. The van der Waals surface area contributed by atoms with Gasteiger partial charge in [0.1, 0.15) is 6.29 Å². The van der Waals surface area contributed by atoms with Gasteiger partial charge in [-0.15, -0.1) is 0 Å². The molecule has 22 heavy (non-hydrogen) atoms. The van der Waals surface area contributed by atoms with Gasteiger partial charge >= 0.3 is 14.5 Å². The predicted octanol–water partition coefficient (Wildman–Crippen LogP) is 6.71. The molecule has 0 rings (SSSR count). The van der Waals surface area contributed by atoms with Crippen molar-refractivity contribution in [2.75, 3.05) is 0 Å². The Kier molecular flexibility index (Phi) is 16.7.